The minimum Gasteiger partial charge on any atom is -0.345 e. The van der Waals surface area contributed by atoms with E-state index in [1.54, 1.807) is 36.4 Å². The topological polar surface area (TPSA) is 53.5 Å². The number of hydrogen-bond acceptors (Lipinski definition) is 5. The van der Waals surface area contributed by atoms with Crippen molar-refractivity contribution in [2.75, 3.05) is 31.1 Å². The van der Waals surface area contributed by atoms with Crippen molar-refractivity contribution < 1.29 is 12.8 Å². The smallest absolute Gasteiger partial charge is 0.244 e. The van der Waals surface area contributed by atoms with Crippen LogP contribution in [0.25, 0.3) is 0 Å². The number of anilines is 1. The van der Waals surface area contributed by atoms with Gasteiger partial charge in [0.25, 0.3) is 0 Å². The normalized spacial score (nSPS) is 15.5. The van der Waals surface area contributed by atoms with Gasteiger partial charge in [-0.25, -0.2) is 17.8 Å². The number of piperazine rings is 1. The zero-order valence-corrected chi connectivity index (χ0v) is 19.7. The van der Waals surface area contributed by atoms with E-state index in [1.807, 2.05) is 5.38 Å². The van der Waals surface area contributed by atoms with Crippen LogP contribution in [0.3, 0.4) is 0 Å². The Hall–Kier alpha value is -1.52. The van der Waals surface area contributed by atoms with Crippen molar-refractivity contribution in [3.8, 4) is 0 Å². The molecule has 0 bridgehead atoms. The van der Waals surface area contributed by atoms with Crippen LogP contribution in [0.15, 0.2) is 57.2 Å². The van der Waals surface area contributed by atoms with Crippen LogP contribution in [0.2, 0.25) is 5.02 Å². The molecule has 0 atom stereocenters. The summed E-state index contributed by atoms with van der Waals surface area (Å²) in [7, 11) is -3.54. The number of rotatable bonds is 5. The van der Waals surface area contributed by atoms with Gasteiger partial charge in [0.15, 0.2) is 5.13 Å². The zero-order valence-electron chi connectivity index (χ0n) is 15.8. The van der Waals surface area contributed by atoms with Crippen LogP contribution < -0.4 is 4.90 Å². The Morgan fingerprint density at radius 1 is 1.13 bits per heavy atom. The summed E-state index contributed by atoms with van der Waals surface area (Å²) >= 11 is 10.7. The van der Waals surface area contributed by atoms with Gasteiger partial charge in [0.2, 0.25) is 10.0 Å². The fraction of sp³-hybridized carbons (Fsp3) is 0.250. The van der Waals surface area contributed by atoms with Gasteiger partial charge in [0.05, 0.1) is 15.6 Å². The molecule has 4 rings (SSSR count). The van der Waals surface area contributed by atoms with E-state index in [9.17, 15) is 12.8 Å². The monoisotopic (exact) mass is 529 g/mol. The molecule has 0 radical (unpaired) electrons. The molecule has 2 aromatic carbocycles. The quantitative estimate of drug-likeness (QED) is 0.476. The second kappa shape index (κ2) is 8.92. The third-order valence-electron chi connectivity index (χ3n) is 4.87. The first-order valence-electron chi connectivity index (χ1n) is 9.22. The van der Waals surface area contributed by atoms with Crippen LogP contribution in [-0.2, 0) is 16.4 Å². The summed E-state index contributed by atoms with van der Waals surface area (Å²) in [6.45, 7) is 1.93. The molecule has 1 saturated heterocycles. The number of aromatic nitrogens is 1. The lowest BCUT2D eigenvalue weighted by molar-refractivity contribution is 0.384. The average Bonchev–Trinajstić information content (AvgIpc) is 3.19. The van der Waals surface area contributed by atoms with Gasteiger partial charge in [-0.15, -0.1) is 11.3 Å². The highest BCUT2D eigenvalue weighted by atomic mass is 79.9. The summed E-state index contributed by atoms with van der Waals surface area (Å²) in [4.78, 5) is 7.05. The van der Waals surface area contributed by atoms with E-state index >= 15 is 0 Å². The van der Waals surface area contributed by atoms with Gasteiger partial charge in [-0.3, -0.25) is 0 Å². The molecule has 30 heavy (non-hydrogen) atoms. The highest BCUT2D eigenvalue weighted by Gasteiger charge is 2.30. The van der Waals surface area contributed by atoms with Crippen molar-refractivity contribution in [1.82, 2.24) is 9.29 Å². The summed E-state index contributed by atoms with van der Waals surface area (Å²) in [5.74, 6) is -0.435. The standard InChI is InChI=1S/C20H18BrClFN3O2S2/c21-16-3-1-2-4-19(16)30(27,28)26-9-7-25(8-10-26)20-24-15(13-29-20)11-14-5-6-18(23)17(22)12-14/h1-6,12-13H,7-11H2. The molecule has 1 fully saturated rings. The van der Waals surface area contributed by atoms with Gasteiger partial charge in [-0.05, 0) is 45.8 Å². The molecule has 0 N–H and O–H groups in total. The first-order valence-corrected chi connectivity index (χ1v) is 12.7. The second-order valence-electron chi connectivity index (χ2n) is 6.87. The maximum atomic E-state index is 13.3. The van der Waals surface area contributed by atoms with Crippen LogP contribution in [0.5, 0.6) is 0 Å². The summed E-state index contributed by atoms with van der Waals surface area (Å²) in [6, 6.07) is 11.5. The Bertz CT molecular complexity index is 1160. The zero-order chi connectivity index (χ0) is 21.3. The third-order valence-corrected chi connectivity index (χ3v) is 9.02. The van der Waals surface area contributed by atoms with Gasteiger partial charge in [-0.2, -0.15) is 4.31 Å². The molecule has 0 aliphatic carbocycles. The minimum absolute atomic E-state index is 0.102. The highest BCUT2D eigenvalue weighted by Crippen LogP contribution is 2.28. The maximum Gasteiger partial charge on any atom is 0.244 e. The van der Waals surface area contributed by atoms with Crippen molar-refractivity contribution in [2.45, 2.75) is 11.3 Å². The van der Waals surface area contributed by atoms with Gasteiger partial charge in [0.1, 0.15) is 5.82 Å². The van der Waals surface area contributed by atoms with E-state index < -0.39 is 15.8 Å². The molecule has 1 aromatic heterocycles. The Morgan fingerprint density at radius 3 is 2.57 bits per heavy atom. The first-order chi connectivity index (χ1) is 14.3. The molecule has 3 aromatic rings. The first kappa shape index (κ1) is 21.7. The van der Waals surface area contributed by atoms with Gasteiger partial charge in [0, 0.05) is 42.5 Å². The number of benzene rings is 2. The molecule has 1 aliphatic rings. The molecule has 2 heterocycles. The van der Waals surface area contributed by atoms with Crippen molar-refractivity contribution >= 4 is 54.0 Å². The molecular formula is C20H18BrClFN3O2S2. The van der Waals surface area contributed by atoms with Crippen molar-refractivity contribution in [3.63, 3.8) is 0 Å². The minimum atomic E-state index is -3.54. The lowest BCUT2D eigenvalue weighted by atomic mass is 10.1. The molecule has 1 aliphatic heterocycles. The Kier molecular flexibility index (Phi) is 6.45. The molecule has 0 amide bonds. The van der Waals surface area contributed by atoms with E-state index in [2.05, 4.69) is 25.8 Å². The summed E-state index contributed by atoms with van der Waals surface area (Å²) in [6.07, 6.45) is 0.562. The van der Waals surface area contributed by atoms with Crippen LogP contribution in [0, 0.1) is 5.82 Å². The molecule has 10 heteroatoms. The molecule has 0 spiro atoms. The van der Waals surface area contributed by atoms with E-state index in [1.165, 1.54) is 21.7 Å². The maximum absolute atomic E-state index is 13.3. The predicted molar refractivity (Wildman–Crippen MR) is 121 cm³/mol. The van der Waals surface area contributed by atoms with Crippen LogP contribution in [0.4, 0.5) is 9.52 Å². The van der Waals surface area contributed by atoms with Crippen molar-refractivity contribution in [1.29, 1.82) is 0 Å². The number of hydrogen-bond donors (Lipinski definition) is 0. The Morgan fingerprint density at radius 2 is 1.87 bits per heavy atom. The fourth-order valence-electron chi connectivity index (χ4n) is 3.29. The third kappa shape index (κ3) is 4.55. The number of sulfonamides is 1. The van der Waals surface area contributed by atoms with Gasteiger partial charge in [-0.1, -0.05) is 29.8 Å². The molecule has 158 valence electrons. The lowest BCUT2D eigenvalue weighted by Gasteiger charge is -2.34. The Balaban J connectivity index is 1.41. The summed E-state index contributed by atoms with van der Waals surface area (Å²) in [5, 5.41) is 2.93. The SMILES string of the molecule is O=S(=O)(c1ccccc1Br)N1CCN(c2nc(Cc3ccc(F)c(Cl)c3)cs2)CC1. The lowest BCUT2D eigenvalue weighted by Crippen LogP contribution is -2.48. The number of halogens is 3. The fourth-order valence-corrected chi connectivity index (χ4v) is 6.76. The van der Waals surface area contributed by atoms with Crippen LogP contribution >= 0.6 is 38.9 Å². The van der Waals surface area contributed by atoms with Gasteiger partial charge >= 0.3 is 0 Å². The van der Waals surface area contributed by atoms with E-state index in [0.717, 1.165) is 16.4 Å². The van der Waals surface area contributed by atoms with Crippen LogP contribution in [0.1, 0.15) is 11.3 Å². The van der Waals surface area contributed by atoms with Crippen molar-refractivity contribution in [3.05, 3.63) is 74.4 Å². The summed E-state index contributed by atoms with van der Waals surface area (Å²) < 4.78 is 41.3. The van der Waals surface area contributed by atoms with E-state index in [-0.39, 0.29) is 9.92 Å². The highest BCUT2D eigenvalue weighted by molar-refractivity contribution is 9.10. The molecule has 0 unspecified atom stereocenters. The molecular weight excluding hydrogens is 513 g/mol. The largest absolute Gasteiger partial charge is 0.345 e. The number of thiazole rings is 1. The van der Waals surface area contributed by atoms with Gasteiger partial charge < -0.3 is 4.90 Å². The average molecular weight is 531 g/mol. The molecule has 5 nitrogen and oxygen atoms in total. The van der Waals surface area contributed by atoms with E-state index in [4.69, 9.17) is 11.6 Å². The summed E-state index contributed by atoms with van der Waals surface area (Å²) in [5.41, 5.74) is 1.77. The Labute approximate surface area is 192 Å². The molecule has 0 saturated carbocycles. The predicted octanol–water partition coefficient (Wildman–Crippen LogP) is 4.80. The van der Waals surface area contributed by atoms with Crippen LogP contribution in [-0.4, -0.2) is 43.9 Å². The number of nitrogens with zero attached hydrogens (tertiary/aromatic N) is 3. The second-order valence-corrected chi connectivity index (χ2v) is 10.9. The van der Waals surface area contributed by atoms with Crippen molar-refractivity contribution in [2.24, 2.45) is 0 Å². The van der Waals surface area contributed by atoms with E-state index in [0.29, 0.717) is 37.1 Å².